The van der Waals surface area contributed by atoms with Crippen LogP contribution in [0.25, 0.3) is 10.8 Å². The normalized spacial score (nSPS) is 37.3. The molecular formula is C91H151N7O27. The molecule has 4 saturated heterocycles. The van der Waals surface area contributed by atoms with Gasteiger partial charge in [-0.3, -0.25) is 29.0 Å². The number of phenolic OH excluding ortho intramolecular Hbond substituents is 3. The minimum absolute atomic E-state index is 0.0559. The van der Waals surface area contributed by atoms with Gasteiger partial charge in [0.15, 0.2) is 18.3 Å². The molecule has 7 aliphatic heterocycles. The van der Waals surface area contributed by atoms with E-state index in [4.69, 9.17) is 62.3 Å². The van der Waals surface area contributed by atoms with E-state index in [0.717, 1.165) is 39.0 Å². The van der Waals surface area contributed by atoms with E-state index in [2.05, 4.69) is 26.0 Å². The van der Waals surface area contributed by atoms with Gasteiger partial charge in [0.1, 0.15) is 53.0 Å². The molecule has 0 saturated carbocycles. The number of methoxy groups -OCH3 is 3. The van der Waals surface area contributed by atoms with E-state index in [1.54, 1.807) is 93.3 Å². The zero-order valence-corrected chi connectivity index (χ0v) is 78.5. The number of cyclic esters (lactones) is 1. The number of amides is 1. The Labute approximate surface area is 738 Å². The third kappa shape index (κ3) is 25.5. The molecule has 125 heavy (non-hydrogen) atoms. The molecule has 7 heterocycles. The fourth-order valence-corrected chi connectivity index (χ4v) is 17.7. The number of benzene rings is 2. The number of fused-ring (bicyclic) bond motifs is 14. The summed E-state index contributed by atoms with van der Waals surface area (Å²) in [5, 5.41) is 137. The molecule has 2 aromatic carbocycles. The molecular weight excluding hydrogens is 1620 g/mol. The second-order valence-corrected chi connectivity index (χ2v) is 36.2. The standard InChI is InChI=1S/C43H58N4O12.C38H69NO13.C10H24N2O2/c1-21-12-11-13-22(2)42(55)45-33-28(20-44-47-17-15-46(9)16-18-47)37(52)30-31(38(33)53)36(51)26(6)40-32(30)41(54)43(8,59-40)57-19-14-29(56-10)23(3)39(58-27(7)48)25(5)35(50)24(4)34(21)49;1-15-26-38(10,45)31(42)21(4)28(40)19(2)17-37(9,47-14)33(52-35-29(41)25(39(11)12)16-20(3)48-35)22(5)30(23(6)34(44)50-26)51-27-18-36(8,46-13)32(43)24(7)49-27;1-3-9(7-13)11-5-6-12-10(4-2)8-14/h11-14,19-21,23-25,29,34-35,39,49-53H,15-18H2,1-10H3,(H,45,55);19-27,29-33,35,41-43,45H,15-18H2,1-14H3;9-14H,3-8H2,1-2H3/b12-11+,19-14+,22-13-,44-20-;;/t21-,23-,24-,25-,29+,34+,35+,39-,43+;19-,20-,21+,22+,23-,24+,25+,26-,27+,29-,30+,31-,32+,33-,35+,36-,37-,38-;9-,10-/m110/s1. The predicted molar refractivity (Wildman–Crippen MR) is 470 cm³/mol. The second kappa shape index (κ2) is 46.8. The SMILES string of the molecule is CC[C@@H](CO)NCCN[C@@H](CC)CO.CC[C@H]1OC(=O)[C@H](C)[C@@H](O[C@H]2C[C@@](C)(OC)[C@@H](O)[C@H](C)O2)[C@H](C)[C@@H](O[C@@H]2O[C@H](C)C[C@H](N(C)C)[C@H]2O)[C@](C)(OC)C[C@@H](C)C(=O)[C@H](C)[C@@H](O)[C@]1(C)O.CO[C@H]1/C=C/O[C@@]2(C)Oc3c(C)c(O)c4c(O)c(c(/C=N\N5CCN(C)CC5)c(O)c4c3C2=O)NC(=O)/C(C)=C\C=C\[C@@H](C)[C@H](O)[C@@H](C)[C@H](O)[C@@H](C)[C@H](OC(C)=O)[C@@H]1C. The first-order valence-corrected chi connectivity index (χ1v) is 44.1. The largest absolute Gasteiger partial charge is 0.507 e. The maximum absolute atomic E-state index is 14.4. The van der Waals surface area contributed by atoms with Crippen LogP contribution in [0.2, 0.25) is 0 Å². The van der Waals surface area contributed by atoms with Crippen LogP contribution in [0.3, 0.4) is 0 Å². The molecule has 7 aliphatic rings. The van der Waals surface area contributed by atoms with E-state index in [0.29, 0.717) is 19.5 Å². The Kier molecular flexibility index (Phi) is 40.1. The van der Waals surface area contributed by atoms with Crippen molar-refractivity contribution < 1.29 is 132 Å². The average molecular weight is 1780 g/mol. The molecule has 34 nitrogen and oxygen atoms in total. The first kappa shape index (κ1) is 107. The summed E-state index contributed by atoms with van der Waals surface area (Å²) in [6.07, 6.45) is -1.99. The number of aromatic hydroxyl groups is 3. The molecule has 4 fully saturated rings. The summed E-state index contributed by atoms with van der Waals surface area (Å²) in [4.78, 5) is 72.7. The number of nitrogens with zero attached hydrogens (tertiary/aromatic N) is 4. The van der Waals surface area contributed by atoms with Gasteiger partial charge in [-0.05, 0) is 115 Å². The minimum Gasteiger partial charge on any atom is -0.507 e. The van der Waals surface area contributed by atoms with Crippen molar-refractivity contribution in [3.8, 4) is 23.0 Å². The van der Waals surface area contributed by atoms with E-state index < -0.39 is 191 Å². The lowest BCUT2D eigenvalue weighted by Gasteiger charge is -2.50. The molecule has 14 N–H and O–H groups in total. The number of aliphatic hydroxyl groups excluding tert-OH is 7. The number of rotatable bonds is 21. The summed E-state index contributed by atoms with van der Waals surface area (Å²) >= 11 is 0. The Bertz CT molecular complexity index is 3970. The number of ether oxygens (including phenoxy) is 11. The van der Waals surface area contributed by atoms with Crippen LogP contribution in [0.4, 0.5) is 5.69 Å². The lowest BCUT2D eigenvalue weighted by molar-refractivity contribution is -0.319. The van der Waals surface area contributed by atoms with Gasteiger partial charge in [0.2, 0.25) is 0 Å². The topological polar surface area (TPSA) is 468 Å². The number of allylic oxidation sites excluding steroid dienone is 2. The molecule has 5 bridgehead atoms. The minimum atomic E-state index is -2.04. The zero-order valence-electron chi connectivity index (χ0n) is 78.5. The molecule has 712 valence electrons. The van der Waals surface area contributed by atoms with Crippen LogP contribution in [0.1, 0.15) is 192 Å². The van der Waals surface area contributed by atoms with Crippen molar-refractivity contribution in [3.63, 3.8) is 0 Å². The van der Waals surface area contributed by atoms with Crippen molar-refractivity contribution >= 4 is 52.1 Å². The van der Waals surface area contributed by atoms with E-state index in [1.807, 2.05) is 53.7 Å². The number of esters is 2. The maximum Gasteiger partial charge on any atom is 0.312 e. The van der Waals surface area contributed by atoms with Gasteiger partial charge in [-0.2, -0.15) is 5.10 Å². The van der Waals surface area contributed by atoms with Gasteiger partial charge in [-0.1, -0.05) is 87.5 Å². The summed E-state index contributed by atoms with van der Waals surface area (Å²) < 4.78 is 67.5. The number of hydrogen-bond donors (Lipinski definition) is 14. The number of likely N-dealkylation sites (N-methyl/N-ethyl adjacent to an activating group) is 2. The fraction of sp³-hybridized carbons (Fsp3) is 0.758. The molecule has 1 amide bonds. The first-order valence-electron chi connectivity index (χ1n) is 44.1. The van der Waals surface area contributed by atoms with Gasteiger partial charge in [0, 0.05) is 157 Å². The summed E-state index contributed by atoms with van der Waals surface area (Å²) in [5.74, 6) is -12.8. The maximum atomic E-state index is 14.4. The average Bonchev–Trinajstić information content (AvgIpc) is 1.62. The number of carbonyl (C=O) groups is 5. The summed E-state index contributed by atoms with van der Waals surface area (Å²) in [6, 6.07) is 0.117. The molecule has 0 spiro atoms. The monoisotopic (exact) mass is 1770 g/mol. The Balaban J connectivity index is 0.000000336. The highest BCUT2D eigenvalue weighted by Gasteiger charge is 2.56. The Morgan fingerprint density at radius 1 is 0.728 bits per heavy atom. The molecule has 0 unspecified atom stereocenters. The van der Waals surface area contributed by atoms with Crippen LogP contribution in [-0.2, 0) is 66.5 Å². The van der Waals surface area contributed by atoms with Crippen LogP contribution in [0.5, 0.6) is 23.0 Å². The summed E-state index contributed by atoms with van der Waals surface area (Å²) in [6.45, 7) is 38.3. The van der Waals surface area contributed by atoms with Gasteiger partial charge >= 0.3 is 17.7 Å². The van der Waals surface area contributed by atoms with Crippen molar-refractivity contribution in [1.82, 2.24) is 25.4 Å². The highest BCUT2D eigenvalue weighted by Crippen LogP contribution is 2.56. The van der Waals surface area contributed by atoms with Crippen LogP contribution in [0.15, 0.2) is 41.2 Å². The highest BCUT2D eigenvalue weighted by atomic mass is 16.7. The van der Waals surface area contributed by atoms with Crippen LogP contribution in [-0.4, -0.2) is 328 Å². The number of phenols is 3. The number of ketones is 2. The number of anilines is 1. The number of carbonyl (C=O) groups excluding carboxylic acids is 5. The molecule has 0 radical (unpaired) electrons. The number of hydrogen-bond acceptors (Lipinski definition) is 33. The Morgan fingerprint density at radius 3 is 1.87 bits per heavy atom. The van der Waals surface area contributed by atoms with Crippen LogP contribution < -0.4 is 20.7 Å². The van der Waals surface area contributed by atoms with E-state index in [9.17, 15) is 69.9 Å². The number of hydrazone groups is 1. The molecule has 0 aliphatic carbocycles. The Hall–Kier alpha value is -6.62. The van der Waals surface area contributed by atoms with Crippen molar-refractivity contribution in [1.29, 1.82) is 0 Å². The van der Waals surface area contributed by atoms with Gasteiger partial charge in [0.05, 0.1) is 114 Å². The molecule has 34 heteroatoms. The summed E-state index contributed by atoms with van der Waals surface area (Å²) in [5.41, 5.74) is -4.59. The lowest BCUT2D eigenvalue weighted by Crippen LogP contribution is -2.61. The van der Waals surface area contributed by atoms with Crippen molar-refractivity contribution in [2.75, 3.05) is 100 Å². The number of nitrogens with one attached hydrogen (secondary N) is 3. The van der Waals surface area contributed by atoms with Gasteiger partial charge in [-0.25, -0.2) is 0 Å². The Morgan fingerprint density at radius 2 is 1.33 bits per heavy atom. The van der Waals surface area contributed by atoms with Crippen molar-refractivity contribution in [3.05, 3.63) is 52.8 Å². The van der Waals surface area contributed by atoms with Crippen molar-refractivity contribution in [2.45, 2.75) is 304 Å². The van der Waals surface area contributed by atoms with Crippen LogP contribution in [0, 0.1) is 54.3 Å². The molecule has 9 rings (SSSR count). The van der Waals surface area contributed by atoms with Gasteiger partial charge in [0.25, 0.3) is 11.7 Å². The number of Topliss-reactive ketones (excluding diaryl/α,β-unsaturated/α-hetero) is 2. The third-order valence-electron chi connectivity index (χ3n) is 26.5. The van der Waals surface area contributed by atoms with Crippen LogP contribution >= 0.6 is 0 Å². The molecule has 2 aromatic rings. The predicted octanol–water partition coefficient (Wildman–Crippen LogP) is 6.48. The van der Waals surface area contributed by atoms with E-state index in [1.165, 1.54) is 80.6 Å². The second-order valence-electron chi connectivity index (χ2n) is 36.2. The first-order chi connectivity index (χ1) is 58.5. The number of piperazine rings is 1. The van der Waals surface area contributed by atoms with E-state index in [-0.39, 0.29) is 107 Å². The van der Waals surface area contributed by atoms with Gasteiger partial charge in [-0.15, -0.1) is 0 Å². The van der Waals surface area contributed by atoms with Gasteiger partial charge < -0.3 is 134 Å². The van der Waals surface area contributed by atoms with Crippen molar-refractivity contribution in [2.24, 2.45) is 52.4 Å². The molecule has 0 aromatic heterocycles. The summed E-state index contributed by atoms with van der Waals surface area (Å²) in [7, 11) is 10.2. The smallest absolute Gasteiger partial charge is 0.312 e. The lowest BCUT2D eigenvalue weighted by atomic mass is 9.74. The molecule has 29 atom stereocenters. The fourth-order valence-electron chi connectivity index (χ4n) is 17.7. The number of aliphatic hydroxyl groups is 8. The quantitative estimate of drug-likeness (QED) is 0.0209. The zero-order chi connectivity index (χ0) is 94.2. The third-order valence-corrected chi connectivity index (χ3v) is 26.5. The van der Waals surface area contributed by atoms with E-state index >= 15 is 0 Å². The highest BCUT2D eigenvalue weighted by molar-refractivity contribution is 6.24.